The summed E-state index contributed by atoms with van der Waals surface area (Å²) in [4.78, 5) is 11.7. The van der Waals surface area contributed by atoms with E-state index in [1.165, 1.54) is 0 Å². The molecule has 1 amide bonds. The Kier molecular flexibility index (Phi) is 5.49. The number of amides is 1. The number of carbonyl (C=O) groups excluding carboxylic acids is 1. The van der Waals surface area contributed by atoms with Crippen molar-refractivity contribution in [3.63, 3.8) is 0 Å². The van der Waals surface area contributed by atoms with Gasteiger partial charge in [0.1, 0.15) is 5.41 Å². The SMILES string of the molecule is CSC(C)CNC(=O)C(C)(C)C(N)=NO. The van der Waals surface area contributed by atoms with Crippen LogP contribution in [0.4, 0.5) is 0 Å². The molecule has 0 aliphatic rings. The highest BCUT2D eigenvalue weighted by Crippen LogP contribution is 2.15. The molecule has 0 aliphatic heterocycles. The third-order valence-electron chi connectivity index (χ3n) is 2.27. The topological polar surface area (TPSA) is 87.7 Å². The molecule has 0 saturated heterocycles. The smallest absolute Gasteiger partial charge is 0.233 e. The van der Waals surface area contributed by atoms with E-state index in [4.69, 9.17) is 10.9 Å². The van der Waals surface area contributed by atoms with Gasteiger partial charge in [-0.15, -0.1) is 0 Å². The average molecular weight is 233 g/mol. The number of nitrogens with two attached hydrogens (primary N) is 1. The van der Waals surface area contributed by atoms with Crippen LogP contribution in [0, 0.1) is 5.41 Å². The molecule has 0 fully saturated rings. The van der Waals surface area contributed by atoms with Gasteiger partial charge in [-0.2, -0.15) is 11.8 Å². The first-order valence-electron chi connectivity index (χ1n) is 4.65. The van der Waals surface area contributed by atoms with Crippen LogP contribution in [0.1, 0.15) is 20.8 Å². The van der Waals surface area contributed by atoms with Crippen molar-refractivity contribution in [2.75, 3.05) is 12.8 Å². The number of amidine groups is 1. The Hall–Kier alpha value is -0.910. The summed E-state index contributed by atoms with van der Waals surface area (Å²) >= 11 is 1.67. The van der Waals surface area contributed by atoms with Crippen molar-refractivity contribution in [2.45, 2.75) is 26.0 Å². The van der Waals surface area contributed by atoms with E-state index in [1.807, 2.05) is 13.2 Å². The van der Waals surface area contributed by atoms with E-state index in [0.717, 1.165) is 0 Å². The third-order valence-corrected chi connectivity index (χ3v) is 3.24. The molecular formula is C9H19N3O2S. The molecule has 15 heavy (non-hydrogen) atoms. The second-order valence-corrected chi connectivity index (χ2v) is 5.14. The second-order valence-electron chi connectivity index (χ2n) is 3.87. The number of hydrogen-bond acceptors (Lipinski definition) is 4. The van der Waals surface area contributed by atoms with Crippen molar-refractivity contribution in [3.8, 4) is 0 Å². The Balaban J connectivity index is 4.33. The van der Waals surface area contributed by atoms with E-state index in [-0.39, 0.29) is 11.7 Å². The standard InChI is InChI=1S/C9H19N3O2S/c1-6(15-4)5-11-8(13)9(2,3)7(10)12-14/h6,14H,5H2,1-4H3,(H2,10,12)(H,11,13). The Morgan fingerprint density at radius 1 is 1.67 bits per heavy atom. The van der Waals surface area contributed by atoms with Crippen LogP contribution in [0.2, 0.25) is 0 Å². The molecule has 1 unspecified atom stereocenters. The second kappa shape index (κ2) is 5.85. The Bertz CT molecular complexity index is 254. The van der Waals surface area contributed by atoms with Gasteiger partial charge in [0.2, 0.25) is 5.91 Å². The van der Waals surface area contributed by atoms with Gasteiger partial charge < -0.3 is 16.3 Å². The molecule has 0 aliphatic carbocycles. The van der Waals surface area contributed by atoms with Crippen molar-refractivity contribution >= 4 is 23.5 Å². The fraction of sp³-hybridized carbons (Fsp3) is 0.778. The van der Waals surface area contributed by atoms with Gasteiger partial charge in [0.25, 0.3) is 0 Å². The maximum atomic E-state index is 11.7. The molecular weight excluding hydrogens is 214 g/mol. The predicted molar refractivity (Wildman–Crippen MR) is 63.2 cm³/mol. The molecule has 0 saturated carbocycles. The zero-order valence-electron chi connectivity index (χ0n) is 9.57. The highest BCUT2D eigenvalue weighted by molar-refractivity contribution is 7.99. The van der Waals surface area contributed by atoms with Crippen LogP contribution in [0.5, 0.6) is 0 Å². The third kappa shape index (κ3) is 3.99. The van der Waals surface area contributed by atoms with Crippen molar-refractivity contribution < 1.29 is 10.0 Å². The summed E-state index contributed by atoms with van der Waals surface area (Å²) < 4.78 is 0. The molecule has 0 bridgehead atoms. The number of hydrogen-bond donors (Lipinski definition) is 3. The Morgan fingerprint density at radius 2 is 2.20 bits per heavy atom. The maximum Gasteiger partial charge on any atom is 0.233 e. The summed E-state index contributed by atoms with van der Waals surface area (Å²) in [6, 6.07) is 0. The molecule has 0 spiro atoms. The number of nitrogens with one attached hydrogen (secondary N) is 1. The number of carbonyl (C=O) groups is 1. The zero-order valence-corrected chi connectivity index (χ0v) is 10.4. The van der Waals surface area contributed by atoms with Crippen molar-refractivity contribution in [1.82, 2.24) is 5.32 Å². The van der Waals surface area contributed by atoms with Gasteiger partial charge in [-0.1, -0.05) is 12.1 Å². The summed E-state index contributed by atoms with van der Waals surface area (Å²) in [7, 11) is 0. The van der Waals surface area contributed by atoms with Crippen LogP contribution in [0.15, 0.2) is 5.16 Å². The lowest BCUT2D eigenvalue weighted by Gasteiger charge is -2.22. The maximum absolute atomic E-state index is 11.7. The molecule has 5 nitrogen and oxygen atoms in total. The average Bonchev–Trinajstić information content (AvgIpc) is 2.23. The molecule has 88 valence electrons. The predicted octanol–water partition coefficient (Wildman–Crippen LogP) is 0.627. The van der Waals surface area contributed by atoms with E-state index in [1.54, 1.807) is 25.6 Å². The summed E-state index contributed by atoms with van der Waals surface area (Å²) in [5, 5.41) is 14.5. The van der Waals surface area contributed by atoms with E-state index < -0.39 is 5.41 Å². The van der Waals surface area contributed by atoms with Gasteiger partial charge in [-0.25, -0.2) is 0 Å². The van der Waals surface area contributed by atoms with Gasteiger partial charge in [0.15, 0.2) is 5.84 Å². The molecule has 1 atom stereocenters. The van der Waals surface area contributed by atoms with Crippen LogP contribution in [-0.4, -0.2) is 35.0 Å². The molecule has 4 N–H and O–H groups in total. The fourth-order valence-corrected chi connectivity index (χ4v) is 1.03. The molecule has 0 radical (unpaired) electrons. The minimum Gasteiger partial charge on any atom is -0.409 e. The minimum atomic E-state index is -0.979. The quantitative estimate of drug-likeness (QED) is 0.281. The largest absolute Gasteiger partial charge is 0.409 e. The van der Waals surface area contributed by atoms with Crippen molar-refractivity contribution in [2.24, 2.45) is 16.3 Å². The molecule has 0 aromatic carbocycles. The van der Waals surface area contributed by atoms with Gasteiger partial charge >= 0.3 is 0 Å². The molecule has 6 heteroatoms. The van der Waals surface area contributed by atoms with Crippen LogP contribution in [0.25, 0.3) is 0 Å². The highest BCUT2D eigenvalue weighted by atomic mass is 32.2. The number of thioether (sulfide) groups is 1. The summed E-state index contributed by atoms with van der Waals surface area (Å²) in [6.45, 7) is 5.81. The Morgan fingerprint density at radius 3 is 2.60 bits per heavy atom. The van der Waals surface area contributed by atoms with Gasteiger partial charge in [0.05, 0.1) is 0 Å². The zero-order chi connectivity index (χ0) is 12.1. The number of nitrogens with zero attached hydrogens (tertiary/aromatic N) is 1. The summed E-state index contributed by atoms with van der Waals surface area (Å²) in [6.07, 6.45) is 1.98. The first-order chi connectivity index (χ1) is 6.86. The minimum absolute atomic E-state index is 0.0863. The lowest BCUT2D eigenvalue weighted by molar-refractivity contribution is -0.126. The van der Waals surface area contributed by atoms with Crippen LogP contribution in [0.3, 0.4) is 0 Å². The molecule has 0 aromatic heterocycles. The first kappa shape index (κ1) is 14.1. The summed E-state index contributed by atoms with van der Waals surface area (Å²) in [5.74, 6) is -0.324. The van der Waals surface area contributed by atoms with E-state index in [0.29, 0.717) is 11.8 Å². The summed E-state index contributed by atoms with van der Waals surface area (Å²) in [5.41, 5.74) is 4.45. The number of rotatable bonds is 5. The first-order valence-corrected chi connectivity index (χ1v) is 5.94. The van der Waals surface area contributed by atoms with E-state index in [2.05, 4.69) is 10.5 Å². The highest BCUT2D eigenvalue weighted by Gasteiger charge is 2.32. The monoisotopic (exact) mass is 233 g/mol. The molecule has 0 aromatic rings. The van der Waals surface area contributed by atoms with E-state index >= 15 is 0 Å². The van der Waals surface area contributed by atoms with Gasteiger partial charge in [-0.3, -0.25) is 4.79 Å². The number of oxime groups is 1. The van der Waals surface area contributed by atoms with Crippen molar-refractivity contribution in [3.05, 3.63) is 0 Å². The Labute approximate surface area is 94.5 Å². The van der Waals surface area contributed by atoms with Crippen molar-refractivity contribution in [1.29, 1.82) is 0 Å². The lowest BCUT2D eigenvalue weighted by Crippen LogP contribution is -2.47. The van der Waals surface area contributed by atoms with Gasteiger partial charge in [0, 0.05) is 11.8 Å². The van der Waals surface area contributed by atoms with Crippen LogP contribution >= 0.6 is 11.8 Å². The molecule has 0 rings (SSSR count). The lowest BCUT2D eigenvalue weighted by atomic mass is 9.91. The van der Waals surface area contributed by atoms with Gasteiger partial charge in [-0.05, 0) is 20.1 Å². The molecule has 0 heterocycles. The van der Waals surface area contributed by atoms with Crippen LogP contribution < -0.4 is 11.1 Å². The van der Waals surface area contributed by atoms with E-state index in [9.17, 15) is 4.79 Å². The van der Waals surface area contributed by atoms with Crippen LogP contribution in [-0.2, 0) is 4.79 Å². The fourth-order valence-electron chi connectivity index (χ4n) is 0.782. The normalized spacial score (nSPS) is 14.8.